The number of hydrogen-bond acceptors (Lipinski definition) is 3. The molecule has 21 heavy (non-hydrogen) atoms. The Bertz CT molecular complexity index is 461. The Morgan fingerprint density at radius 1 is 1.33 bits per heavy atom. The van der Waals surface area contributed by atoms with Gasteiger partial charge < -0.3 is 15.4 Å². The SMILES string of the molecule is CCNC(C)c1ccc(NC(=O)CC2(OC)CCC2)cc1. The molecular weight excluding hydrogens is 264 g/mol. The van der Waals surface area contributed by atoms with Gasteiger partial charge in [0.15, 0.2) is 0 Å². The van der Waals surface area contributed by atoms with Crippen LogP contribution in [-0.2, 0) is 9.53 Å². The summed E-state index contributed by atoms with van der Waals surface area (Å²) in [4.78, 5) is 12.1. The number of anilines is 1. The van der Waals surface area contributed by atoms with Gasteiger partial charge in [-0.15, -0.1) is 0 Å². The predicted octanol–water partition coefficient (Wildman–Crippen LogP) is 3.25. The van der Waals surface area contributed by atoms with Crippen molar-refractivity contribution in [3.8, 4) is 0 Å². The molecule has 0 aromatic heterocycles. The molecule has 1 amide bonds. The average Bonchev–Trinajstić information content (AvgIpc) is 2.44. The number of carbonyl (C=O) groups excluding carboxylic acids is 1. The zero-order chi connectivity index (χ0) is 15.3. The molecule has 0 heterocycles. The minimum Gasteiger partial charge on any atom is -0.378 e. The van der Waals surface area contributed by atoms with E-state index in [4.69, 9.17) is 4.74 Å². The van der Waals surface area contributed by atoms with Crippen molar-refractivity contribution in [1.29, 1.82) is 0 Å². The fraction of sp³-hybridized carbons (Fsp3) is 0.588. The van der Waals surface area contributed by atoms with Crippen LogP contribution in [-0.4, -0.2) is 25.2 Å². The van der Waals surface area contributed by atoms with E-state index in [0.29, 0.717) is 12.5 Å². The lowest BCUT2D eigenvalue weighted by molar-refractivity contribution is -0.129. The van der Waals surface area contributed by atoms with Gasteiger partial charge in [-0.2, -0.15) is 0 Å². The molecule has 1 aromatic carbocycles. The molecule has 0 spiro atoms. The summed E-state index contributed by atoms with van der Waals surface area (Å²) >= 11 is 0. The molecule has 1 atom stereocenters. The van der Waals surface area contributed by atoms with E-state index < -0.39 is 0 Å². The summed E-state index contributed by atoms with van der Waals surface area (Å²) < 4.78 is 5.49. The highest BCUT2D eigenvalue weighted by atomic mass is 16.5. The molecule has 1 aromatic rings. The minimum absolute atomic E-state index is 0.0315. The molecule has 0 radical (unpaired) electrons. The number of amides is 1. The van der Waals surface area contributed by atoms with Crippen LogP contribution in [0, 0.1) is 0 Å². The molecule has 0 bridgehead atoms. The van der Waals surface area contributed by atoms with Gasteiger partial charge in [-0.3, -0.25) is 4.79 Å². The average molecular weight is 290 g/mol. The first-order chi connectivity index (χ1) is 10.1. The molecule has 1 aliphatic carbocycles. The molecule has 1 saturated carbocycles. The van der Waals surface area contributed by atoms with Gasteiger partial charge >= 0.3 is 0 Å². The smallest absolute Gasteiger partial charge is 0.227 e. The molecule has 1 fully saturated rings. The van der Waals surface area contributed by atoms with Crippen molar-refractivity contribution in [2.75, 3.05) is 19.0 Å². The lowest BCUT2D eigenvalue weighted by atomic mass is 9.77. The van der Waals surface area contributed by atoms with Crippen LogP contribution in [0.2, 0.25) is 0 Å². The third-order valence-corrected chi connectivity index (χ3v) is 4.39. The normalized spacial score (nSPS) is 17.9. The number of nitrogens with one attached hydrogen (secondary N) is 2. The Morgan fingerprint density at radius 2 is 2.00 bits per heavy atom. The highest BCUT2D eigenvalue weighted by Gasteiger charge is 2.38. The van der Waals surface area contributed by atoms with Crippen LogP contribution in [0.15, 0.2) is 24.3 Å². The van der Waals surface area contributed by atoms with Crippen molar-refractivity contribution in [1.82, 2.24) is 5.32 Å². The maximum Gasteiger partial charge on any atom is 0.227 e. The Balaban J connectivity index is 1.89. The molecule has 1 unspecified atom stereocenters. The monoisotopic (exact) mass is 290 g/mol. The Labute approximate surface area is 127 Å². The predicted molar refractivity (Wildman–Crippen MR) is 85.4 cm³/mol. The Morgan fingerprint density at radius 3 is 2.48 bits per heavy atom. The molecule has 0 saturated heterocycles. The summed E-state index contributed by atoms with van der Waals surface area (Å²) in [5.74, 6) is 0.0315. The van der Waals surface area contributed by atoms with E-state index in [2.05, 4.69) is 36.6 Å². The van der Waals surface area contributed by atoms with Crippen molar-refractivity contribution in [2.45, 2.75) is 51.2 Å². The molecule has 2 rings (SSSR count). The zero-order valence-electron chi connectivity index (χ0n) is 13.2. The van der Waals surface area contributed by atoms with Crippen LogP contribution in [0.4, 0.5) is 5.69 Å². The van der Waals surface area contributed by atoms with Crippen molar-refractivity contribution < 1.29 is 9.53 Å². The first-order valence-corrected chi connectivity index (χ1v) is 7.77. The highest BCUT2D eigenvalue weighted by molar-refractivity contribution is 5.91. The van der Waals surface area contributed by atoms with Gasteiger partial charge in [0.05, 0.1) is 12.0 Å². The number of ether oxygens (including phenoxy) is 1. The number of rotatable bonds is 7. The molecule has 4 nitrogen and oxygen atoms in total. The second kappa shape index (κ2) is 7.05. The number of methoxy groups -OCH3 is 1. The van der Waals surface area contributed by atoms with E-state index in [1.165, 1.54) is 5.56 Å². The fourth-order valence-corrected chi connectivity index (χ4v) is 2.80. The Kier molecular flexibility index (Phi) is 5.37. The van der Waals surface area contributed by atoms with E-state index in [1.807, 2.05) is 12.1 Å². The van der Waals surface area contributed by atoms with Crippen LogP contribution in [0.3, 0.4) is 0 Å². The van der Waals surface area contributed by atoms with E-state index in [0.717, 1.165) is 31.5 Å². The standard InChI is InChI=1S/C17H26N2O2/c1-4-18-13(2)14-6-8-15(9-7-14)19-16(20)12-17(21-3)10-5-11-17/h6-9,13,18H,4-5,10-12H2,1-3H3,(H,19,20). The van der Waals surface area contributed by atoms with Crippen molar-refractivity contribution >= 4 is 11.6 Å². The van der Waals surface area contributed by atoms with Crippen molar-refractivity contribution in [3.05, 3.63) is 29.8 Å². The lowest BCUT2D eigenvalue weighted by Gasteiger charge is -2.39. The highest BCUT2D eigenvalue weighted by Crippen LogP contribution is 2.38. The maximum absolute atomic E-state index is 12.1. The van der Waals surface area contributed by atoms with Gasteiger partial charge in [0, 0.05) is 18.8 Å². The Hall–Kier alpha value is -1.39. The van der Waals surface area contributed by atoms with Crippen LogP contribution in [0.5, 0.6) is 0 Å². The summed E-state index contributed by atoms with van der Waals surface area (Å²) in [5, 5.41) is 6.33. The van der Waals surface area contributed by atoms with Crippen LogP contribution >= 0.6 is 0 Å². The maximum atomic E-state index is 12.1. The van der Waals surface area contributed by atoms with E-state index in [-0.39, 0.29) is 11.5 Å². The van der Waals surface area contributed by atoms with Crippen LogP contribution in [0.25, 0.3) is 0 Å². The van der Waals surface area contributed by atoms with Gasteiger partial charge in [0.25, 0.3) is 0 Å². The second-order valence-electron chi connectivity index (χ2n) is 5.87. The molecule has 1 aliphatic rings. The summed E-state index contributed by atoms with van der Waals surface area (Å²) in [5.41, 5.74) is 1.85. The van der Waals surface area contributed by atoms with E-state index in [1.54, 1.807) is 7.11 Å². The molecule has 116 valence electrons. The van der Waals surface area contributed by atoms with Gasteiger partial charge in [-0.05, 0) is 50.4 Å². The van der Waals surface area contributed by atoms with Crippen molar-refractivity contribution in [3.63, 3.8) is 0 Å². The second-order valence-corrected chi connectivity index (χ2v) is 5.87. The third kappa shape index (κ3) is 4.05. The lowest BCUT2D eigenvalue weighted by Crippen LogP contribution is -2.42. The minimum atomic E-state index is -0.219. The van der Waals surface area contributed by atoms with E-state index >= 15 is 0 Å². The largest absolute Gasteiger partial charge is 0.378 e. The number of carbonyl (C=O) groups is 1. The third-order valence-electron chi connectivity index (χ3n) is 4.39. The first kappa shape index (κ1) is 16.0. The molecule has 4 heteroatoms. The first-order valence-electron chi connectivity index (χ1n) is 7.77. The zero-order valence-corrected chi connectivity index (χ0v) is 13.2. The molecule has 2 N–H and O–H groups in total. The van der Waals surface area contributed by atoms with Gasteiger partial charge in [-0.25, -0.2) is 0 Å². The quantitative estimate of drug-likeness (QED) is 0.810. The summed E-state index contributed by atoms with van der Waals surface area (Å²) in [6, 6.07) is 8.35. The van der Waals surface area contributed by atoms with Crippen LogP contribution in [0.1, 0.15) is 51.1 Å². The number of benzene rings is 1. The van der Waals surface area contributed by atoms with Gasteiger partial charge in [0.2, 0.25) is 5.91 Å². The van der Waals surface area contributed by atoms with E-state index in [9.17, 15) is 4.79 Å². The summed E-state index contributed by atoms with van der Waals surface area (Å²) in [6.07, 6.45) is 3.56. The summed E-state index contributed by atoms with van der Waals surface area (Å²) in [6.45, 7) is 5.17. The molecule has 0 aliphatic heterocycles. The van der Waals surface area contributed by atoms with Crippen LogP contribution < -0.4 is 10.6 Å². The number of hydrogen-bond donors (Lipinski definition) is 2. The molecular formula is C17H26N2O2. The van der Waals surface area contributed by atoms with Gasteiger partial charge in [-0.1, -0.05) is 19.1 Å². The summed E-state index contributed by atoms with van der Waals surface area (Å²) in [7, 11) is 1.70. The topological polar surface area (TPSA) is 50.4 Å². The van der Waals surface area contributed by atoms with Gasteiger partial charge in [0.1, 0.15) is 0 Å². The van der Waals surface area contributed by atoms with Crippen molar-refractivity contribution in [2.24, 2.45) is 0 Å². The fourth-order valence-electron chi connectivity index (χ4n) is 2.80.